The van der Waals surface area contributed by atoms with Gasteiger partial charge in [-0.2, -0.15) is 0 Å². The van der Waals surface area contributed by atoms with E-state index in [-0.39, 0.29) is 17.5 Å². The fourth-order valence-electron chi connectivity index (χ4n) is 4.60. The average Bonchev–Trinajstić information content (AvgIpc) is 3.22. The number of ether oxygens (including phenoxy) is 1. The van der Waals surface area contributed by atoms with Crippen LogP contribution in [0.4, 0.5) is 4.79 Å². The summed E-state index contributed by atoms with van der Waals surface area (Å²) in [5, 5.41) is 3.12. The first-order valence-corrected chi connectivity index (χ1v) is 9.17. The van der Waals surface area contributed by atoms with Gasteiger partial charge in [0.15, 0.2) is 0 Å². The number of hydrogen-bond donors (Lipinski definition) is 1. The molecule has 6 nitrogen and oxygen atoms in total. The molecule has 0 aliphatic heterocycles. The lowest BCUT2D eigenvalue weighted by molar-refractivity contribution is -0.151. The largest absolute Gasteiger partial charge is 0.378 e. The van der Waals surface area contributed by atoms with E-state index in [2.05, 4.69) is 17.2 Å². The molecule has 0 aromatic carbocycles. The van der Waals surface area contributed by atoms with Crippen LogP contribution >= 0.6 is 0 Å². The molecular formula is C18H30N4O2. The molecule has 134 valence electrons. The van der Waals surface area contributed by atoms with Crippen molar-refractivity contribution in [1.82, 2.24) is 19.8 Å². The van der Waals surface area contributed by atoms with Crippen molar-refractivity contribution >= 4 is 6.03 Å². The Hall–Kier alpha value is -1.56. The van der Waals surface area contributed by atoms with E-state index in [0.717, 1.165) is 19.6 Å². The van der Waals surface area contributed by atoms with Gasteiger partial charge in [0, 0.05) is 50.1 Å². The van der Waals surface area contributed by atoms with E-state index < -0.39 is 0 Å². The number of nitrogens with one attached hydrogen (secondary N) is 1. The molecule has 0 radical (unpaired) electrons. The van der Waals surface area contributed by atoms with Gasteiger partial charge < -0.3 is 19.5 Å². The number of carbonyl (C=O) groups excluding carboxylic acids is 1. The molecule has 0 saturated heterocycles. The second-order valence-corrected chi connectivity index (χ2v) is 7.36. The standard InChI is InChI=1S/C18H30N4O2/c1-4-24-16-11-15(18(16)7-5-6-8-18)21(3)17(23)20-14(2)12-22-10-9-19-13-22/h9-10,13-16H,4-8,11-12H2,1-3H3,(H,20,23)/t14-,15-,16+/m0/s1. The molecule has 2 saturated carbocycles. The highest BCUT2D eigenvalue weighted by Gasteiger charge is 2.58. The smallest absolute Gasteiger partial charge is 0.317 e. The minimum absolute atomic E-state index is 0.0221. The summed E-state index contributed by atoms with van der Waals surface area (Å²) < 4.78 is 7.94. The van der Waals surface area contributed by atoms with Crippen LogP contribution in [0.5, 0.6) is 0 Å². The molecule has 3 atom stereocenters. The van der Waals surface area contributed by atoms with E-state index >= 15 is 0 Å². The summed E-state index contributed by atoms with van der Waals surface area (Å²) >= 11 is 0. The van der Waals surface area contributed by atoms with Crippen molar-refractivity contribution in [3.8, 4) is 0 Å². The molecular weight excluding hydrogens is 304 g/mol. The molecule has 2 aliphatic carbocycles. The number of urea groups is 1. The van der Waals surface area contributed by atoms with Crippen LogP contribution in [0.1, 0.15) is 46.0 Å². The van der Waals surface area contributed by atoms with Gasteiger partial charge in [-0.25, -0.2) is 9.78 Å². The van der Waals surface area contributed by atoms with E-state index in [0.29, 0.717) is 12.1 Å². The van der Waals surface area contributed by atoms with Crippen molar-refractivity contribution in [2.45, 2.75) is 70.7 Å². The lowest BCUT2D eigenvalue weighted by atomic mass is 9.60. The summed E-state index contributed by atoms with van der Waals surface area (Å²) in [4.78, 5) is 18.6. The summed E-state index contributed by atoms with van der Waals surface area (Å²) in [6.07, 6.45) is 11.6. The summed E-state index contributed by atoms with van der Waals surface area (Å²) in [5.41, 5.74) is 0.190. The Morgan fingerprint density at radius 3 is 2.88 bits per heavy atom. The van der Waals surface area contributed by atoms with Gasteiger partial charge in [0.25, 0.3) is 0 Å². The number of hydrogen-bond acceptors (Lipinski definition) is 3. The maximum Gasteiger partial charge on any atom is 0.317 e. The molecule has 1 aromatic heterocycles. The van der Waals surface area contributed by atoms with Crippen LogP contribution in [0, 0.1) is 5.41 Å². The first-order chi connectivity index (χ1) is 11.6. The van der Waals surface area contributed by atoms with E-state index in [9.17, 15) is 4.79 Å². The topological polar surface area (TPSA) is 59.4 Å². The van der Waals surface area contributed by atoms with Crippen LogP contribution < -0.4 is 5.32 Å². The highest BCUT2D eigenvalue weighted by atomic mass is 16.5. The Morgan fingerprint density at radius 1 is 1.50 bits per heavy atom. The quantitative estimate of drug-likeness (QED) is 0.870. The summed E-state index contributed by atoms with van der Waals surface area (Å²) in [6.45, 7) is 5.58. The Labute approximate surface area is 144 Å². The molecule has 0 unspecified atom stereocenters. The highest BCUT2D eigenvalue weighted by molar-refractivity contribution is 5.74. The maximum absolute atomic E-state index is 12.7. The van der Waals surface area contributed by atoms with Crippen molar-refractivity contribution < 1.29 is 9.53 Å². The van der Waals surface area contributed by atoms with Crippen LogP contribution in [0.25, 0.3) is 0 Å². The SMILES string of the molecule is CCO[C@@H]1C[C@H](N(C)C(=O)N[C@@H](C)Cn2ccnc2)C12CCCC2. The minimum atomic E-state index is 0.0221. The summed E-state index contributed by atoms with van der Waals surface area (Å²) in [6, 6.07) is 0.391. The minimum Gasteiger partial charge on any atom is -0.378 e. The van der Waals surface area contributed by atoms with Gasteiger partial charge in [0.2, 0.25) is 0 Å². The molecule has 1 N–H and O–H groups in total. The van der Waals surface area contributed by atoms with Crippen LogP contribution in [0.2, 0.25) is 0 Å². The van der Waals surface area contributed by atoms with E-state index in [4.69, 9.17) is 4.74 Å². The van der Waals surface area contributed by atoms with E-state index in [1.54, 1.807) is 12.5 Å². The highest BCUT2D eigenvalue weighted by Crippen LogP contribution is 2.56. The van der Waals surface area contributed by atoms with E-state index in [1.165, 1.54) is 25.7 Å². The number of nitrogens with zero attached hydrogens (tertiary/aromatic N) is 3. The average molecular weight is 334 g/mol. The zero-order valence-electron chi connectivity index (χ0n) is 15.1. The number of rotatable bonds is 6. The number of imidazole rings is 1. The second kappa shape index (κ2) is 7.13. The van der Waals surface area contributed by atoms with Gasteiger partial charge in [0.1, 0.15) is 0 Å². The van der Waals surface area contributed by atoms with Crippen molar-refractivity contribution in [2.75, 3.05) is 13.7 Å². The van der Waals surface area contributed by atoms with Crippen LogP contribution in [0.3, 0.4) is 0 Å². The summed E-state index contributed by atoms with van der Waals surface area (Å²) in [7, 11) is 1.94. The second-order valence-electron chi connectivity index (χ2n) is 7.36. The zero-order valence-corrected chi connectivity index (χ0v) is 15.1. The van der Waals surface area contributed by atoms with Gasteiger partial charge in [-0.1, -0.05) is 12.8 Å². The predicted molar refractivity (Wildman–Crippen MR) is 92.7 cm³/mol. The number of amides is 2. The first kappa shape index (κ1) is 17.3. The van der Waals surface area contributed by atoms with Crippen molar-refractivity contribution in [2.24, 2.45) is 5.41 Å². The molecule has 3 rings (SSSR count). The molecule has 2 amide bonds. The zero-order chi connectivity index (χ0) is 17.2. The first-order valence-electron chi connectivity index (χ1n) is 9.17. The van der Waals surface area contributed by atoms with Crippen molar-refractivity contribution in [3.63, 3.8) is 0 Å². The normalized spacial score (nSPS) is 26.1. The number of carbonyl (C=O) groups is 1. The molecule has 1 aromatic rings. The monoisotopic (exact) mass is 334 g/mol. The third-order valence-electron chi connectivity index (χ3n) is 5.85. The third kappa shape index (κ3) is 3.16. The molecule has 0 bridgehead atoms. The van der Waals surface area contributed by atoms with Gasteiger partial charge in [-0.15, -0.1) is 0 Å². The van der Waals surface area contributed by atoms with Crippen molar-refractivity contribution in [1.29, 1.82) is 0 Å². The van der Waals surface area contributed by atoms with E-state index in [1.807, 2.05) is 29.6 Å². The van der Waals surface area contributed by atoms with Crippen molar-refractivity contribution in [3.05, 3.63) is 18.7 Å². The Balaban J connectivity index is 1.57. The lowest BCUT2D eigenvalue weighted by Crippen LogP contribution is -2.65. The molecule has 2 fully saturated rings. The fraction of sp³-hybridized carbons (Fsp3) is 0.778. The van der Waals surface area contributed by atoms with Gasteiger partial charge in [0.05, 0.1) is 12.4 Å². The Morgan fingerprint density at radius 2 is 2.25 bits per heavy atom. The van der Waals surface area contributed by atoms with Gasteiger partial charge >= 0.3 is 6.03 Å². The molecule has 6 heteroatoms. The molecule has 24 heavy (non-hydrogen) atoms. The van der Waals surface area contributed by atoms with Gasteiger partial charge in [-0.05, 0) is 33.1 Å². The molecule has 2 aliphatic rings. The summed E-state index contributed by atoms with van der Waals surface area (Å²) in [5.74, 6) is 0. The Kier molecular flexibility index (Phi) is 5.13. The van der Waals surface area contributed by atoms with Crippen LogP contribution in [-0.2, 0) is 11.3 Å². The number of aromatic nitrogens is 2. The van der Waals surface area contributed by atoms with Crippen LogP contribution in [0.15, 0.2) is 18.7 Å². The molecule has 1 spiro atoms. The Bertz CT molecular complexity index is 539. The van der Waals surface area contributed by atoms with Crippen LogP contribution in [-0.4, -0.2) is 52.3 Å². The third-order valence-corrected chi connectivity index (χ3v) is 5.85. The van der Waals surface area contributed by atoms with Gasteiger partial charge in [-0.3, -0.25) is 0 Å². The fourth-order valence-corrected chi connectivity index (χ4v) is 4.60. The molecule has 1 heterocycles. The predicted octanol–water partition coefficient (Wildman–Crippen LogP) is 2.65. The maximum atomic E-state index is 12.7. The lowest BCUT2D eigenvalue weighted by Gasteiger charge is -2.56.